The highest BCUT2D eigenvalue weighted by Gasteiger charge is 2.22. The van der Waals surface area contributed by atoms with Crippen LogP contribution in [0, 0.1) is 10.1 Å². The van der Waals surface area contributed by atoms with Gasteiger partial charge in [-0.1, -0.05) is 6.07 Å². The van der Waals surface area contributed by atoms with Crippen LogP contribution in [0.5, 0.6) is 0 Å². The molecule has 4 nitrogen and oxygen atoms in total. The van der Waals surface area contributed by atoms with E-state index in [-0.39, 0.29) is 21.4 Å². The lowest BCUT2D eigenvalue weighted by Crippen LogP contribution is -2.33. The topological polar surface area (TPSA) is 46.4 Å². The lowest BCUT2D eigenvalue weighted by atomic mass is 10.0. The molecule has 2 aromatic carbocycles. The lowest BCUT2D eigenvalue weighted by molar-refractivity contribution is -0.384. The van der Waals surface area contributed by atoms with Gasteiger partial charge in [0, 0.05) is 41.7 Å². The molecule has 1 aliphatic carbocycles. The van der Waals surface area contributed by atoms with Crippen molar-refractivity contribution in [2.24, 2.45) is 0 Å². The minimum absolute atomic E-state index is 0.0171. The van der Waals surface area contributed by atoms with E-state index in [2.05, 4.69) is 23.1 Å². The van der Waals surface area contributed by atoms with Gasteiger partial charge in [-0.05, 0) is 60.7 Å². The highest BCUT2D eigenvalue weighted by molar-refractivity contribution is 6.21. The molecule has 0 saturated heterocycles. The van der Waals surface area contributed by atoms with Gasteiger partial charge in [0.25, 0.3) is 5.69 Å². The van der Waals surface area contributed by atoms with E-state index in [4.69, 9.17) is 23.2 Å². The fourth-order valence-electron chi connectivity index (χ4n) is 3.39. The van der Waals surface area contributed by atoms with Crippen LogP contribution < -0.4 is 4.90 Å². The fraction of sp³-hybridized carbons (Fsp3) is 0.368. The number of nitro groups is 1. The smallest absolute Gasteiger partial charge is 0.269 e. The summed E-state index contributed by atoms with van der Waals surface area (Å²) < 4.78 is 0. The van der Waals surface area contributed by atoms with Gasteiger partial charge in [0.15, 0.2) is 0 Å². The second-order valence-electron chi connectivity index (χ2n) is 6.58. The van der Waals surface area contributed by atoms with E-state index < -0.39 is 0 Å². The second-order valence-corrected chi connectivity index (χ2v) is 8.07. The van der Waals surface area contributed by atoms with Gasteiger partial charge in [-0.25, -0.2) is 0 Å². The van der Waals surface area contributed by atoms with Crippen LogP contribution >= 0.6 is 23.2 Å². The normalized spacial score (nSPS) is 14.6. The van der Waals surface area contributed by atoms with Gasteiger partial charge >= 0.3 is 0 Å². The highest BCUT2D eigenvalue weighted by atomic mass is 35.5. The molecule has 1 aliphatic rings. The molecule has 6 heteroatoms. The van der Waals surface area contributed by atoms with Crippen molar-refractivity contribution in [3.8, 4) is 11.1 Å². The summed E-state index contributed by atoms with van der Waals surface area (Å²) in [4.78, 5) is 12.8. The molecule has 0 heterocycles. The summed E-state index contributed by atoms with van der Waals surface area (Å²) in [6.07, 6.45) is 0.709. The Morgan fingerprint density at radius 2 is 1.60 bits per heavy atom. The molecule has 0 N–H and O–H groups in total. The second kappa shape index (κ2) is 7.22. The molecule has 0 fully saturated rings. The van der Waals surface area contributed by atoms with E-state index in [0.717, 1.165) is 35.5 Å². The zero-order chi connectivity index (χ0) is 18.1. The van der Waals surface area contributed by atoms with Gasteiger partial charge < -0.3 is 4.90 Å². The van der Waals surface area contributed by atoms with Crippen LogP contribution in [0.1, 0.15) is 25.0 Å². The summed E-state index contributed by atoms with van der Waals surface area (Å²) in [5.74, 6) is 0. The van der Waals surface area contributed by atoms with Crippen LogP contribution in [0.25, 0.3) is 11.1 Å². The average Bonchev–Trinajstić information content (AvgIpc) is 2.89. The van der Waals surface area contributed by atoms with Crippen molar-refractivity contribution >= 4 is 34.6 Å². The summed E-state index contributed by atoms with van der Waals surface area (Å²) in [6, 6.07) is 11.4. The van der Waals surface area contributed by atoms with Crippen molar-refractivity contribution in [3.05, 3.63) is 57.6 Å². The number of rotatable bonds is 6. The van der Waals surface area contributed by atoms with Gasteiger partial charge in [0.2, 0.25) is 0 Å². The van der Waals surface area contributed by atoms with Crippen molar-refractivity contribution in [2.75, 3.05) is 18.0 Å². The van der Waals surface area contributed by atoms with E-state index >= 15 is 0 Å². The Morgan fingerprint density at radius 3 is 2.16 bits per heavy atom. The molecule has 25 heavy (non-hydrogen) atoms. The maximum atomic E-state index is 11.0. The molecule has 132 valence electrons. The van der Waals surface area contributed by atoms with Gasteiger partial charge in [-0.3, -0.25) is 10.1 Å². The summed E-state index contributed by atoms with van der Waals surface area (Å²) in [5, 5.41) is 11.0. The number of halogens is 2. The number of nitro benzene ring substituents is 1. The number of anilines is 1. The number of fused-ring (bicyclic) bond motifs is 3. The number of non-ortho nitro benzene ring substituents is 1. The molecule has 2 aromatic rings. The van der Waals surface area contributed by atoms with Gasteiger partial charge in [-0.2, -0.15) is 0 Å². The van der Waals surface area contributed by atoms with Crippen LogP contribution in [0.15, 0.2) is 36.4 Å². The predicted molar refractivity (Wildman–Crippen MR) is 104 cm³/mol. The molecular weight excluding hydrogens is 359 g/mol. The molecule has 0 saturated carbocycles. The molecule has 2 atom stereocenters. The maximum Gasteiger partial charge on any atom is 0.269 e. The van der Waals surface area contributed by atoms with Crippen LogP contribution in [0.2, 0.25) is 0 Å². The molecule has 0 aromatic heterocycles. The Hall–Kier alpha value is -1.78. The SMILES string of the molecule is C[C@H](Cl)CN(C[C@H](C)Cl)c1ccc2c(c1)Cc1cc([N+](=O)[O-])ccc1-2. The predicted octanol–water partition coefficient (Wildman–Crippen LogP) is 5.23. The van der Waals surface area contributed by atoms with E-state index in [1.54, 1.807) is 12.1 Å². The highest BCUT2D eigenvalue weighted by Crippen LogP contribution is 2.40. The first-order valence-corrected chi connectivity index (χ1v) is 9.16. The number of hydrogen-bond acceptors (Lipinski definition) is 3. The van der Waals surface area contributed by atoms with E-state index in [1.807, 2.05) is 19.9 Å². The third-order valence-electron chi connectivity index (χ3n) is 4.37. The van der Waals surface area contributed by atoms with Crippen molar-refractivity contribution in [2.45, 2.75) is 31.0 Å². The molecule has 0 unspecified atom stereocenters. The summed E-state index contributed by atoms with van der Waals surface area (Å²) in [5.41, 5.74) is 5.63. The molecule has 0 bridgehead atoms. The Morgan fingerprint density at radius 1 is 1.04 bits per heavy atom. The van der Waals surface area contributed by atoms with Crippen LogP contribution in [-0.2, 0) is 6.42 Å². The number of benzene rings is 2. The Balaban J connectivity index is 1.92. The standard InChI is InChI=1S/C19H20Cl2N2O2/c1-12(20)10-22(11-13(2)21)16-3-5-18-14(8-16)7-15-9-17(23(24)25)4-6-19(15)18/h3-6,8-9,12-13H,7,10-11H2,1-2H3/t12-,13-/m0/s1. The Kier molecular flexibility index (Phi) is 5.21. The molecule has 0 spiro atoms. The van der Waals surface area contributed by atoms with Crippen molar-refractivity contribution in [1.29, 1.82) is 0 Å². The largest absolute Gasteiger partial charge is 0.369 e. The minimum atomic E-state index is -0.347. The van der Waals surface area contributed by atoms with Crippen LogP contribution in [0.3, 0.4) is 0 Å². The van der Waals surface area contributed by atoms with Gasteiger partial charge in [-0.15, -0.1) is 23.2 Å². The molecule has 0 radical (unpaired) electrons. The first kappa shape index (κ1) is 18.0. The monoisotopic (exact) mass is 378 g/mol. The zero-order valence-electron chi connectivity index (χ0n) is 14.2. The zero-order valence-corrected chi connectivity index (χ0v) is 15.7. The van der Waals surface area contributed by atoms with E-state index in [1.165, 1.54) is 5.56 Å². The summed E-state index contributed by atoms with van der Waals surface area (Å²) in [7, 11) is 0. The van der Waals surface area contributed by atoms with Gasteiger partial charge in [0.05, 0.1) is 4.92 Å². The van der Waals surface area contributed by atoms with Crippen molar-refractivity contribution in [1.82, 2.24) is 0 Å². The number of nitrogens with zero attached hydrogens (tertiary/aromatic N) is 2. The minimum Gasteiger partial charge on any atom is -0.369 e. The van der Waals surface area contributed by atoms with Crippen LogP contribution in [0.4, 0.5) is 11.4 Å². The summed E-state index contributed by atoms with van der Waals surface area (Å²) in [6.45, 7) is 5.37. The maximum absolute atomic E-state index is 11.0. The Labute approximate surface area is 157 Å². The third kappa shape index (κ3) is 3.91. The first-order chi connectivity index (χ1) is 11.8. The van der Waals surface area contributed by atoms with E-state index in [9.17, 15) is 10.1 Å². The molecule has 3 rings (SSSR count). The van der Waals surface area contributed by atoms with Gasteiger partial charge in [0.1, 0.15) is 0 Å². The average molecular weight is 379 g/mol. The van der Waals surface area contributed by atoms with Crippen molar-refractivity contribution in [3.63, 3.8) is 0 Å². The lowest BCUT2D eigenvalue weighted by Gasteiger charge is -2.27. The molecule has 0 amide bonds. The number of alkyl halides is 2. The van der Waals surface area contributed by atoms with E-state index in [0.29, 0.717) is 6.42 Å². The molecular formula is C19H20Cl2N2O2. The summed E-state index contributed by atoms with van der Waals surface area (Å²) >= 11 is 12.4. The Bertz CT molecular complexity index is 796. The third-order valence-corrected chi connectivity index (χ3v) is 4.64. The first-order valence-electron chi connectivity index (χ1n) is 8.29. The molecule has 0 aliphatic heterocycles. The number of hydrogen-bond donors (Lipinski definition) is 0. The van der Waals surface area contributed by atoms with Crippen molar-refractivity contribution < 1.29 is 4.92 Å². The fourth-order valence-corrected chi connectivity index (χ4v) is 3.72. The van der Waals surface area contributed by atoms with Crippen LogP contribution in [-0.4, -0.2) is 28.8 Å². The quantitative estimate of drug-likeness (QED) is 0.335.